The number of hydrogen-bond acceptors (Lipinski definition) is 3. The molecule has 0 aliphatic heterocycles. The SMILES string of the molecule is CC(=O)OCCCCO[Si](C)(C)C(C)(C)C. The van der Waals surface area contributed by atoms with Crippen LogP contribution in [0.3, 0.4) is 0 Å². The standard InChI is InChI=1S/C12H26O3Si/c1-11(13)14-9-7-8-10-15-16(5,6)12(2,3)4/h7-10H2,1-6H3. The molecule has 0 saturated carbocycles. The molecule has 96 valence electrons. The molecule has 0 aromatic heterocycles. The van der Waals surface area contributed by atoms with E-state index < -0.39 is 8.32 Å². The van der Waals surface area contributed by atoms with Crippen LogP contribution in [-0.4, -0.2) is 27.5 Å². The molecule has 0 aliphatic rings. The zero-order valence-corrected chi connectivity index (χ0v) is 12.6. The van der Waals surface area contributed by atoms with Crippen LogP contribution in [0.2, 0.25) is 18.1 Å². The first kappa shape index (κ1) is 15.6. The highest BCUT2D eigenvalue weighted by atomic mass is 28.4. The van der Waals surface area contributed by atoms with Crippen LogP contribution < -0.4 is 0 Å². The van der Waals surface area contributed by atoms with Gasteiger partial charge in [0, 0.05) is 13.5 Å². The lowest BCUT2D eigenvalue weighted by atomic mass is 10.2. The average Bonchev–Trinajstić information content (AvgIpc) is 2.08. The van der Waals surface area contributed by atoms with Crippen LogP contribution >= 0.6 is 0 Å². The highest BCUT2D eigenvalue weighted by molar-refractivity contribution is 6.74. The summed E-state index contributed by atoms with van der Waals surface area (Å²) >= 11 is 0. The van der Waals surface area contributed by atoms with Crippen LogP contribution in [-0.2, 0) is 14.0 Å². The fraction of sp³-hybridized carbons (Fsp3) is 0.917. The molecule has 16 heavy (non-hydrogen) atoms. The van der Waals surface area contributed by atoms with Gasteiger partial charge in [0.2, 0.25) is 0 Å². The van der Waals surface area contributed by atoms with Crippen molar-refractivity contribution >= 4 is 14.3 Å². The Kier molecular flexibility index (Phi) is 6.26. The number of rotatable bonds is 6. The molecule has 0 atom stereocenters. The molecule has 4 heteroatoms. The van der Waals surface area contributed by atoms with E-state index in [-0.39, 0.29) is 11.0 Å². The van der Waals surface area contributed by atoms with Crippen LogP contribution in [0.1, 0.15) is 40.5 Å². The van der Waals surface area contributed by atoms with E-state index >= 15 is 0 Å². The Morgan fingerprint density at radius 2 is 1.62 bits per heavy atom. The topological polar surface area (TPSA) is 35.5 Å². The molecule has 0 fully saturated rings. The van der Waals surface area contributed by atoms with Crippen molar-refractivity contribution in [3.8, 4) is 0 Å². The molecule has 0 heterocycles. The Morgan fingerprint density at radius 1 is 1.12 bits per heavy atom. The highest BCUT2D eigenvalue weighted by Gasteiger charge is 2.36. The first-order valence-electron chi connectivity index (χ1n) is 5.94. The lowest BCUT2D eigenvalue weighted by Gasteiger charge is -2.36. The number of ether oxygens (including phenoxy) is 1. The van der Waals surface area contributed by atoms with Gasteiger partial charge in [-0.3, -0.25) is 4.79 Å². The van der Waals surface area contributed by atoms with Gasteiger partial charge in [0.1, 0.15) is 0 Å². The van der Waals surface area contributed by atoms with Crippen LogP contribution in [0.25, 0.3) is 0 Å². The van der Waals surface area contributed by atoms with Crippen molar-refractivity contribution in [2.24, 2.45) is 0 Å². The minimum Gasteiger partial charge on any atom is -0.466 e. The van der Waals surface area contributed by atoms with Gasteiger partial charge in [-0.05, 0) is 31.0 Å². The molecule has 0 bridgehead atoms. The van der Waals surface area contributed by atoms with Crippen molar-refractivity contribution in [2.75, 3.05) is 13.2 Å². The molecule has 3 nitrogen and oxygen atoms in total. The summed E-state index contributed by atoms with van der Waals surface area (Å²) in [6.07, 6.45) is 1.84. The predicted octanol–water partition coefficient (Wildman–Crippen LogP) is 3.35. The van der Waals surface area contributed by atoms with Crippen LogP contribution in [0.15, 0.2) is 0 Å². The van der Waals surface area contributed by atoms with Crippen LogP contribution in [0, 0.1) is 0 Å². The van der Waals surface area contributed by atoms with Crippen molar-refractivity contribution in [1.29, 1.82) is 0 Å². The largest absolute Gasteiger partial charge is 0.466 e. The second-order valence-electron chi connectivity index (χ2n) is 5.66. The Balaban J connectivity index is 3.63. The van der Waals surface area contributed by atoms with E-state index in [2.05, 4.69) is 33.9 Å². The van der Waals surface area contributed by atoms with Gasteiger partial charge in [-0.1, -0.05) is 20.8 Å². The Morgan fingerprint density at radius 3 is 2.06 bits per heavy atom. The normalized spacial score (nSPS) is 12.6. The van der Waals surface area contributed by atoms with E-state index in [4.69, 9.17) is 9.16 Å². The number of carbonyl (C=O) groups excluding carboxylic acids is 1. The van der Waals surface area contributed by atoms with Gasteiger partial charge in [-0.2, -0.15) is 0 Å². The van der Waals surface area contributed by atoms with Gasteiger partial charge in [-0.15, -0.1) is 0 Å². The van der Waals surface area contributed by atoms with E-state index in [0.29, 0.717) is 6.61 Å². The second kappa shape index (κ2) is 6.40. The van der Waals surface area contributed by atoms with Gasteiger partial charge >= 0.3 is 5.97 Å². The third kappa shape index (κ3) is 6.28. The van der Waals surface area contributed by atoms with E-state index in [1.807, 2.05) is 0 Å². The van der Waals surface area contributed by atoms with Crippen molar-refractivity contribution in [3.63, 3.8) is 0 Å². The van der Waals surface area contributed by atoms with Crippen molar-refractivity contribution < 1.29 is 14.0 Å². The molecule has 0 spiro atoms. The fourth-order valence-electron chi connectivity index (χ4n) is 0.964. The molecule has 0 radical (unpaired) electrons. The summed E-state index contributed by atoms with van der Waals surface area (Å²) in [5.41, 5.74) is 0. The summed E-state index contributed by atoms with van der Waals surface area (Å²) in [6.45, 7) is 13.9. The number of unbranched alkanes of at least 4 members (excludes halogenated alkanes) is 1. The van der Waals surface area contributed by atoms with Crippen molar-refractivity contribution in [1.82, 2.24) is 0 Å². The van der Waals surface area contributed by atoms with E-state index in [0.717, 1.165) is 19.4 Å². The minimum atomic E-state index is -1.59. The monoisotopic (exact) mass is 246 g/mol. The lowest BCUT2D eigenvalue weighted by Crippen LogP contribution is -2.40. The Hall–Kier alpha value is -0.353. The Bertz CT molecular complexity index is 219. The van der Waals surface area contributed by atoms with Crippen LogP contribution in [0.4, 0.5) is 0 Å². The molecular weight excluding hydrogens is 220 g/mol. The Labute approximate surface area is 101 Å². The van der Waals surface area contributed by atoms with Gasteiger partial charge in [0.05, 0.1) is 6.61 Å². The summed E-state index contributed by atoms with van der Waals surface area (Å²) in [4.78, 5) is 10.5. The predicted molar refractivity (Wildman–Crippen MR) is 69.0 cm³/mol. The molecule has 0 saturated heterocycles. The molecule has 0 N–H and O–H groups in total. The molecule has 0 unspecified atom stereocenters. The van der Waals surface area contributed by atoms with Gasteiger partial charge in [0.25, 0.3) is 0 Å². The maximum absolute atomic E-state index is 10.5. The maximum atomic E-state index is 10.5. The summed E-state index contributed by atoms with van der Waals surface area (Å²) in [5.74, 6) is -0.203. The van der Waals surface area contributed by atoms with Crippen LogP contribution in [0.5, 0.6) is 0 Å². The quantitative estimate of drug-likeness (QED) is 0.409. The zero-order chi connectivity index (χ0) is 12.8. The average molecular weight is 246 g/mol. The summed E-state index contributed by atoms with van der Waals surface area (Å²) in [5, 5.41) is 0.267. The first-order valence-corrected chi connectivity index (χ1v) is 8.85. The third-order valence-corrected chi connectivity index (χ3v) is 7.65. The molecule has 0 aromatic carbocycles. The molecule has 0 aliphatic carbocycles. The summed E-state index contributed by atoms with van der Waals surface area (Å²) in [6, 6.07) is 0. The summed E-state index contributed by atoms with van der Waals surface area (Å²) < 4.78 is 10.9. The van der Waals surface area contributed by atoms with Crippen molar-refractivity contribution in [2.45, 2.75) is 58.7 Å². The van der Waals surface area contributed by atoms with Gasteiger partial charge < -0.3 is 9.16 Å². The third-order valence-electron chi connectivity index (χ3n) is 3.11. The lowest BCUT2D eigenvalue weighted by molar-refractivity contribution is -0.141. The smallest absolute Gasteiger partial charge is 0.302 e. The van der Waals surface area contributed by atoms with Crippen molar-refractivity contribution in [3.05, 3.63) is 0 Å². The second-order valence-corrected chi connectivity index (χ2v) is 10.5. The molecule has 0 rings (SSSR count). The molecule has 0 amide bonds. The molecule has 0 aromatic rings. The number of carbonyl (C=O) groups is 1. The van der Waals surface area contributed by atoms with E-state index in [9.17, 15) is 4.79 Å². The highest BCUT2D eigenvalue weighted by Crippen LogP contribution is 2.36. The maximum Gasteiger partial charge on any atom is 0.302 e. The van der Waals surface area contributed by atoms with Gasteiger partial charge in [0.15, 0.2) is 8.32 Å². The summed E-state index contributed by atoms with van der Waals surface area (Å²) in [7, 11) is -1.59. The van der Waals surface area contributed by atoms with Gasteiger partial charge in [-0.25, -0.2) is 0 Å². The zero-order valence-electron chi connectivity index (χ0n) is 11.6. The first-order chi connectivity index (χ1) is 7.17. The molecular formula is C12H26O3Si. The fourth-order valence-corrected chi connectivity index (χ4v) is 2.05. The van der Waals surface area contributed by atoms with E-state index in [1.54, 1.807) is 0 Å². The van der Waals surface area contributed by atoms with E-state index in [1.165, 1.54) is 6.92 Å². The number of hydrogen-bond donors (Lipinski definition) is 0. The minimum absolute atomic E-state index is 0.203. The number of esters is 1.